The van der Waals surface area contributed by atoms with Gasteiger partial charge in [0.05, 0.1) is 4.70 Å². The summed E-state index contributed by atoms with van der Waals surface area (Å²) in [5.74, 6) is 1.94. The zero-order valence-corrected chi connectivity index (χ0v) is 16.2. The highest BCUT2D eigenvalue weighted by molar-refractivity contribution is 7.13. The Morgan fingerprint density at radius 3 is 2.74 bits per heavy atom. The molecule has 0 spiro atoms. The Morgan fingerprint density at radius 2 is 1.93 bits per heavy atom. The first-order valence-electron chi connectivity index (χ1n) is 9.26. The van der Waals surface area contributed by atoms with E-state index in [4.69, 9.17) is 4.74 Å². The number of anilines is 1. The number of carbonyl (C=O) groups excluding carboxylic acids is 1. The molecule has 0 unspecified atom stereocenters. The van der Waals surface area contributed by atoms with Crippen LogP contribution in [0.4, 0.5) is 5.82 Å². The zero-order chi connectivity index (χ0) is 18.6. The maximum atomic E-state index is 11.5. The minimum Gasteiger partial charge on any atom is -0.492 e. The van der Waals surface area contributed by atoms with Gasteiger partial charge in [-0.3, -0.25) is 9.69 Å². The van der Waals surface area contributed by atoms with Crippen LogP contribution in [-0.2, 0) is 0 Å². The van der Waals surface area contributed by atoms with Crippen molar-refractivity contribution in [3.63, 3.8) is 0 Å². The van der Waals surface area contributed by atoms with Gasteiger partial charge in [0, 0.05) is 43.7 Å². The van der Waals surface area contributed by atoms with Gasteiger partial charge in [0.1, 0.15) is 18.2 Å². The topological polar surface area (TPSA) is 45.7 Å². The standard InChI is InChI=1S/C21H23N3O2S/c1-16(25)17-5-4-6-18(15-17)26-14-13-23-9-11-24(12-10-23)21-19-7-2-3-8-20(19)27-22-21/h2-8,15H,9-14H2,1H3. The molecule has 1 fully saturated rings. The molecule has 2 heterocycles. The molecule has 1 aromatic heterocycles. The van der Waals surface area contributed by atoms with E-state index in [0.717, 1.165) is 44.3 Å². The fourth-order valence-corrected chi connectivity index (χ4v) is 4.18. The van der Waals surface area contributed by atoms with Gasteiger partial charge < -0.3 is 9.64 Å². The minimum atomic E-state index is 0.0612. The molecule has 1 saturated heterocycles. The molecule has 140 valence electrons. The van der Waals surface area contributed by atoms with Crippen LogP contribution in [0, 0.1) is 0 Å². The summed E-state index contributed by atoms with van der Waals surface area (Å²) in [5, 5.41) is 1.25. The molecule has 4 rings (SSSR count). The highest BCUT2D eigenvalue weighted by Crippen LogP contribution is 2.29. The van der Waals surface area contributed by atoms with Crippen molar-refractivity contribution in [1.82, 2.24) is 9.27 Å². The van der Waals surface area contributed by atoms with E-state index in [2.05, 4.69) is 38.4 Å². The van der Waals surface area contributed by atoms with Crippen molar-refractivity contribution in [2.75, 3.05) is 44.2 Å². The van der Waals surface area contributed by atoms with Crippen molar-refractivity contribution in [2.24, 2.45) is 0 Å². The molecule has 0 atom stereocenters. The molecule has 0 saturated carbocycles. The van der Waals surface area contributed by atoms with Crippen LogP contribution in [0.3, 0.4) is 0 Å². The van der Waals surface area contributed by atoms with Crippen molar-refractivity contribution in [1.29, 1.82) is 0 Å². The van der Waals surface area contributed by atoms with E-state index in [1.54, 1.807) is 18.5 Å². The molecule has 1 aliphatic rings. The SMILES string of the molecule is CC(=O)c1cccc(OCCN2CCN(c3nsc4ccccc34)CC2)c1. The van der Waals surface area contributed by atoms with Gasteiger partial charge in [-0.2, -0.15) is 4.37 Å². The molecular weight excluding hydrogens is 358 g/mol. The van der Waals surface area contributed by atoms with Crippen molar-refractivity contribution >= 4 is 33.2 Å². The van der Waals surface area contributed by atoms with Gasteiger partial charge in [-0.25, -0.2) is 0 Å². The number of piperazine rings is 1. The number of benzene rings is 2. The summed E-state index contributed by atoms with van der Waals surface area (Å²) in [6.07, 6.45) is 0. The van der Waals surface area contributed by atoms with Gasteiger partial charge in [0.15, 0.2) is 5.78 Å². The zero-order valence-electron chi connectivity index (χ0n) is 15.4. The number of fused-ring (bicyclic) bond motifs is 1. The fraction of sp³-hybridized carbons (Fsp3) is 0.333. The van der Waals surface area contributed by atoms with E-state index >= 15 is 0 Å². The van der Waals surface area contributed by atoms with E-state index in [-0.39, 0.29) is 5.78 Å². The smallest absolute Gasteiger partial charge is 0.159 e. The molecule has 0 radical (unpaired) electrons. The predicted octanol–water partition coefficient (Wildman–Crippen LogP) is 3.70. The molecule has 0 bridgehead atoms. The first-order valence-corrected chi connectivity index (χ1v) is 10.0. The number of ketones is 1. The van der Waals surface area contributed by atoms with Crippen LogP contribution in [0.2, 0.25) is 0 Å². The monoisotopic (exact) mass is 381 g/mol. The number of ether oxygens (including phenoxy) is 1. The first-order chi connectivity index (χ1) is 13.2. The molecule has 2 aromatic carbocycles. The summed E-state index contributed by atoms with van der Waals surface area (Å²) in [4.78, 5) is 16.3. The summed E-state index contributed by atoms with van der Waals surface area (Å²) in [5.41, 5.74) is 0.691. The maximum Gasteiger partial charge on any atom is 0.159 e. The van der Waals surface area contributed by atoms with Crippen LogP contribution in [0.15, 0.2) is 48.5 Å². The number of aromatic nitrogens is 1. The Balaban J connectivity index is 1.27. The van der Waals surface area contributed by atoms with Crippen LogP contribution >= 0.6 is 11.5 Å². The number of Topliss-reactive ketones (excluding diaryl/α,β-unsaturated/α-hetero) is 1. The van der Waals surface area contributed by atoms with Crippen LogP contribution in [0.5, 0.6) is 5.75 Å². The lowest BCUT2D eigenvalue weighted by Gasteiger charge is -2.34. The van der Waals surface area contributed by atoms with Gasteiger partial charge in [-0.05, 0) is 42.7 Å². The second kappa shape index (κ2) is 8.06. The quantitative estimate of drug-likeness (QED) is 0.609. The van der Waals surface area contributed by atoms with Gasteiger partial charge in [-0.1, -0.05) is 24.3 Å². The first kappa shape index (κ1) is 17.9. The Hall–Kier alpha value is -2.44. The van der Waals surface area contributed by atoms with E-state index < -0.39 is 0 Å². The summed E-state index contributed by atoms with van der Waals surface area (Å²) < 4.78 is 11.7. The summed E-state index contributed by atoms with van der Waals surface area (Å²) in [6.45, 7) is 7.05. The third-order valence-corrected chi connectivity index (χ3v) is 5.76. The second-order valence-corrected chi connectivity index (χ2v) is 7.57. The van der Waals surface area contributed by atoms with Crippen LogP contribution in [0.1, 0.15) is 17.3 Å². The molecule has 0 aliphatic carbocycles. The lowest BCUT2D eigenvalue weighted by molar-refractivity contribution is 0.101. The van der Waals surface area contributed by atoms with Gasteiger partial charge in [-0.15, -0.1) is 0 Å². The molecule has 1 aliphatic heterocycles. The van der Waals surface area contributed by atoms with Crippen molar-refractivity contribution in [2.45, 2.75) is 6.92 Å². The second-order valence-electron chi connectivity index (χ2n) is 6.76. The molecule has 6 heteroatoms. The maximum absolute atomic E-state index is 11.5. The van der Waals surface area contributed by atoms with E-state index in [9.17, 15) is 4.79 Å². The predicted molar refractivity (Wildman–Crippen MR) is 110 cm³/mol. The van der Waals surface area contributed by atoms with Gasteiger partial charge in [0.25, 0.3) is 0 Å². The van der Waals surface area contributed by atoms with Crippen molar-refractivity contribution in [3.05, 3.63) is 54.1 Å². The third-order valence-electron chi connectivity index (χ3n) is 4.95. The molecule has 5 nitrogen and oxygen atoms in total. The van der Waals surface area contributed by atoms with Crippen molar-refractivity contribution < 1.29 is 9.53 Å². The van der Waals surface area contributed by atoms with Crippen LogP contribution < -0.4 is 9.64 Å². The largest absolute Gasteiger partial charge is 0.492 e. The summed E-state index contributed by atoms with van der Waals surface area (Å²) in [6, 6.07) is 15.8. The average molecular weight is 382 g/mol. The minimum absolute atomic E-state index is 0.0612. The van der Waals surface area contributed by atoms with Gasteiger partial charge in [0.2, 0.25) is 0 Å². The van der Waals surface area contributed by atoms with E-state index in [1.807, 2.05) is 24.3 Å². The van der Waals surface area contributed by atoms with E-state index in [1.165, 1.54) is 10.1 Å². The average Bonchev–Trinajstić information content (AvgIpc) is 3.13. The summed E-state index contributed by atoms with van der Waals surface area (Å²) in [7, 11) is 0. The molecule has 3 aromatic rings. The highest BCUT2D eigenvalue weighted by atomic mass is 32.1. The van der Waals surface area contributed by atoms with Crippen LogP contribution in [-0.4, -0.2) is 54.4 Å². The lowest BCUT2D eigenvalue weighted by atomic mass is 10.1. The summed E-state index contributed by atoms with van der Waals surface area (Å²) >= 11 is 1.57. The number of hydrogen-bond acceptors (Lipinski definition) is 6. The Bertz CT molecular complexity index is 932. The number of hydrogen-bond donors (Lipinski definition) is 0. The van der Waals surface area contributed by atoms with Crippen molar-refractivity contribution in [3.8, 4) is 5.75 Å². The highest BCUT2D eigenvalue weighted by Gasteiger charge is 2.20. The number of carbonyl (C=O) groups is 1. The molecular formula is C21H23N3O2S. The number of nitrogens with zero attached hydrogens (tertiary/aromatic N) is 3. The Morgan fingerprint density at radius 1 is 1.11 bits per heavy atom. The van der Waals surface area contributed by atoms with E-state index in [0.29, 0.717) is 12.2 Å². The fourth-order valence-electron chi connectivity index (χ4n) is 3.38. The Kier molecular flexibility index (Phi) is 5.36. The normalized spacial score (nSPS) is 15.2. The molecule has 27 heavy (non-hydrogen) atoms. The molecule has 0 N–H and O–H groups in total. The Labute approximate surface area is 163 Å². The number of rotatable bonds is 6. The molecule has 0 amide bonds. The third kappa shape index (κ3) is 4.12. The van der Waals surface area contributed by atoms with Crippen LogP contribution in [0.25, 0.3) is 10.1 Å². The van der Waals surface area contributed by atoms with Gasteiger partial charge >= 0.3 is 0 Å². The lowest BCUT2D eigenvalue weighted by Crippen LogP contribution is -2.47.